The van der Waals surface area contributed by atoms with Crippen LogP contribution in [0.25, 0.3) is 44.8 Å². The first kappa shape index (κ1) is 38.6. The minimum atomic E-state index is -0.249. The number of likely N-dealkylation sites (N-methyl/N-ethyl adjacent to an activating group) is 1. The molecule has 4 heterocycles. The third-order valence-electron chi connectivity index (χ3n) is 12.3. The molecular formula is C49H45N7O4. The van der Waals surface area contributed by atoms with Gasteiger partial charge in [0.15, 0.2) is 13.2 Å². The van der Waals surface area contributed by atoms with Crippen molar-refractivity contribution < 1.29 is 19.1 Å². The van der Waals surface area contributed by atoms with Crippen molar-refractivity contribution in [3.8, 4) is 62.6 Å². The van der Waals surface area contributed by atoms with Gasteiger partial charge in [-0.15, -0.1) is 0 Å². The number of nitrogens with zero attached hydrogens (tertiary/aromatic N) is 5. The van der Waals surface area contributed by atoms with Crippen molar-refractivity contribution in [2.45, 2.75) is 49.6 Å². The van der Waals surface area contributed by atoms with Crippen LogP contribution in [0.15, 0.2) is 121 Å². The summed E-state index contributed by atoms with van der Waals surface area (Å²) in [5, 5.41) is 9.18. The predicted octanol–water partition coefficient (Wildman–Crippen LogP) is 8.11. The van der Waals surface area contributed by atoms with Gasteiger partial charge in [0, 0.05) is 40.4 Å². The zero-order chi connectivity index (χ0) is 41.4. The van der Waals surface area contributed by atoms with Gasteiger partial charge in [-0.1, -0.05) is 109 Å². The lowest BCUT2D eigenvalue weighted by atomic mass is 9.72. The molecule has 4 aromatic carbocycles. The van der Waals surface area contributed by atoms with E-state index in [0.29, 0.717) is 23.1 Å². The quantitative estimate of drug-likeness (QED) is 0.152. The van der Waals surface area contributed by atoms with E-state index in [2.05, 4.69) is 54.6 Å². The number of ether oxygens (including phenoxy) is 2. The molecule has 0 radical (unpaired) electrons. The highest BCUT2D eigenvalue weighted by molar-refractivity contribution is 6.00. The lowest BCUT2D eigenvalue weighted by Crippen LogP contribution is -2.43. The number of nitriles is 1. The average molecular weight is 796 g/mol. The van der Waals surface area contributed by atoms with Crippen molar-refractivity contribution in [2.75, 3.05) is 36.6 Å². The molecular weight excluding hydrogens is 751 g/mol. The Morgan fingerprint density at radius 2 is 1.05 bits per heavy atom. The van der Waals surface area contributed by atoms with Crippen LogP contribution in [0.2, 0.25) is 0 Å². The largest absolute Gasteiger partial charge is 0.466 e. The summed E-state index contributed by atoms with van der Waals surface area (Å²) in [6.07, 6.45) is 6.44. The second-order valence-electron chi connectivity index (χ2n) is 16.0. The second kappa shape index (κ2) is 15.7. The molecule has 2 aromatic heterocycles. The van der Waals surface area contributed by atoms with E-state index in [1.165, 1.54) is 16.9 Å². The van der Waals surface area contributed by atoms with Crippen LogP contribution in [-0.2, 0) is 20.7 Å². The van der Waals surface area contributed by atoms with Crippen LogP contribution in [-0.4, -0.2) is 48.6 Å². The Bertz CT molecular complexity index is 2620. The SMILES string of the molecule is CN1C(=O)COc2nc(-c3ccc(C4(N)CCC4)cc3)c(-c3ccccc3)cc21.N#CCN1C(=O)COc2nc(-c3ccc(C4(N)CCC4)cc3)c(-c3ccccc3)cc21. The van der Waals surface area contributed by atoms with Gasteiger partial charge in [0.2, 0.25) is 11.8 Å². The fourth-order valence-electron chi connectivity index (χ4n) is 8.29. The van der Waals surface area contributed by atoms with Crippen LogP contribution >= 0.6 is 0 Å². The minimum Gasteiger partial charge on any atom is -0.466 e. The normalized spacial score (nSPS) is 17.0. The summed E-state index contributed by atoms with van der Waals surface area (Å²) in [5.41, 5.74) is 23.5. The molecule has 10 rings (SSSR count). The second-order valence-corrected chi connectivity index (χ2v) is 16.0. The number of amides is 2. The standard InChI is InChI=1S/C25H22N4O2.C24H23N3O2/c26-13-14-29-21-15-20(17-5-2-1-3-6-17)23(28-24(21)31-16-22(29)30)18-7-9-19(10-8-18)25(27)11-4-12-25;1-27-20-14-19(16-6-3-2-4-7-16)22(26-23(20)29-15-21(27)28)17-8-10-18(11-9-17)24(25)12-5-13-24/h1-3,5-10,15H,4,11-12,14,16,27H2;2-4,6-11,14H,5,12-13,15,25H2,1H3. The van der Waals surface area contributed by atoms with Crippen molar-refractivity contribution in [3.63, 3.8) is 0 Å². The Labute approximate surface area is 349 Å². The van der Waals surface area contributed by atoms with Crippen LogP contribution in [0, 0.1) is 11.3 Å². The summed E-state index contributed by atoms with van der Waals surface area (Å²) in [6.45, 7) is -0.159. The number of carbonyl (C=O) groups is 2. The summed E-state index contributed by atoms with van der Waals surface area (Å²) < 4.78 is 11.3. The van der Waals surface area contributed by atoms with Gasteiger partial charge >= 0.3 is 0 Å². The first-order chi connectivity index (χ1) is 29.1. The molecule has 11 nitrogen and oxygen atoms in total. The monoisotopic (exact) mass is 795 g/mol. The molecule has 0 bridgehead atoms. The van der Waals surface area contributed by atoms with E-state index >= 15 is 0 Å². The van der Waals surface area contributed by atoms with E-state index in [1.807, 2.05) is 72.8 Å². The molecule has 6 aromatic rings. The third-order valence-corrected chi connectivity index (χ3v) is 12.3. The average Bonchev–Trinajstić information content (AvgIpc) is 3.27. The van der Waals surface area contributed by atoms with Crippen molar-refractivity contribution in [1.82, 2.24) is 9.97 Å². The van der Waals surface area contributed by atoms with Gasteiger partial charge in [0.25, 0.3) is 11.8 Å². The molecule has 2 fully saturated rings. The summed E-state index contributed by atoms with van der Waals surface area (Å²) in [6, 6.07) is 42.6. The van der Waals surface area contributed by atoms with Gasteiger partial charge in [0.1, 0.15) is 17.9 Å². The van der Waals surface area contributed by atoms with Crippen LogP contribution in [0.4, 0.5) is 11.4 Å². The third kappa shape index (κ3) is 7.14. The molecule has 2 amide bonds. The van der Waals surface area contributed by atoms with Gasteiger partial charge in [-0.3, -0.25) is 14.5 Å². The van der Waals surface area contributed by atoms with E-state index in [-0.39, 0.29) is 42.7 Å². The maximum Gasteiger partial charge on any atom is 0.266 e. The maximum absolute atomic E-state index is 12.3. The Morgan fingerprint density at radius 3 is 1.48 bits per heavy atom. The summed E-state index contributed by atoms with van der Waals surface area (Å²) in [7, 11) is 1.76. The smallest absolute Gasteiger partial charge is 0.266 e. The molecule has 4 aliphatic rings. The number of anilines is 2. The van der Waals surface area contributed by atoms with Crippen molar-refractivity contribution >= 4 is 23.2 Å². The van der Waals surface area contributed by atoms with Gasteiger partial charge in [-0.25, -0.2) is 9.97 Å². The van der Waals surface area contributed by atoms with Gasteiger partial charge < -0.3 is 25.8 Å². The van der Waals surface area contributed by atoms with Gasteiger partial charge in [-0.05, 0) is 72.9 Å². The molecule has 2 aliphatic heterocycles. The predicted molar refractivity (Wildman–Crippen MR) is 232 cm³/mol. The molecule has 0 spiro atoms. The fraction of sp³-hybridized carbons (Fsp3) is 0.245. The zero-order valence-electron chi connectivity index (χ0n) is 33.4. The minimum absolute atomic E-state index is 0.00918. The molecule has 2 saturated carbocycles. The van der Waals surface area contributed by atoms with E-state index in [9.17, 15) is 14.9 Å². The first-order valence-corrected chi connectivity index (χ1v) is 20.3. The number of carbonyl (C=O) groups excluding carboxylic acids is 2. The van der Waals surface area contributed by atoms with E-state index < -0.39 is 0 Å². The highest BCUT2D eigenvalue weighted by atomic mass is 16.5. The highest BCUT2D eigenvalue weighted by Crippen LogP contribution is 2.44. The molecule has 11 heteroatoms. The highest BCUT2D eigenvalue weighted by Gasteiger charge is 2.36. The molecule has 0 saturated heterocycles. The van der Waals surface area contributed by atoms with Crippen molar-refractivity contribution in [3.05, 3.63) is 132 Å². The Balaban J connectivity index is 0.000000154. The Hall–Kier alpha value is -6.87. The van der Waals surface area contributed by atoms with Crippen molar-refractivity contribution in [2.24, 2.45) is 11.5 Å². The topological polar surface area (TPSA) is 161 Å². The number of nitrogens with two attached hydrogens (primary N) is 2. The number of fused-ring (bicyclic) bond motifs is 2. The molecule has 0 unspecified atom stereocenters. The van der Waals surface area contributed by atoms with Crippen LogP contribution < -0.4 is 30.7 Å². The van der Waals surface area contributed by atoms with Crippen molar-refractivity contribution in [1.29, 1.82) is 5.26 Å². The number of hydrogen-bond acceptors (Lipinski definition) is 9. The Kier molecular flexibility index (Phi) is 10.1. The number of hydrogen-bond donors (Lipinski definition) is 2. The number of benzene rings is 4. The Morgan fingerprint density at radius 1 is 0.617 bits per heavy atom. The van der Waals surface area contributed by atoms with Gasteiger partial charge in [0.05, 0.1) is 17.5 Å². The lowest BCUT2D eigenvalue weighted by Gasteiger charge is -2.38. The van der Waals surface area contributed by atoms with E-state index in [1.54, 1.807) is 11.9 Å². The van der Waals surface area contributed by atoms with Crippen LogP contribution in [0.1, 0.15) is 49.7 Å². The fourth-order valence-corrected chi connectivity index (χ4v) is 8.29. The summed E-state index contributed by atoms with van der Waals surface area (Å²) in [5.74, 6) is 0.521. The molecule has 60 heavy (non-hydrogen) atoms. The molecule has 2 aliphatic carbocycles. The van der Waals surface area contributed by atoms with Gasteiger partial charge in [-0.2, -0.15) is 5.26 Å². The number of rotatable bonds is 7. The molecule has 0 atom stereocenters. The number of aromatic nitrogens is 2. The summed E-state index contributed by atoms with van der Waals surface area (Å²) in [4.78, 5) is 37.1. The maximum atomic E-state index is 12.3. The summed E-state index contributed by atoms with van der Waals surface area (Å²) >= 11 is 0. The number of pyridine rings is 2. The van der Waals surface area contributed by atoms with Crippen LogP contribution in [0.3, 0.4) is 0 Å². The zero-order valence-corrected chi connectivity index (χ0v) is 33.4. The first-order valence-electron chi connectivity index (χ1n) is 20.3. The van der Waals surface area contributed by atoms with Crippen LogP contribution in [0.5, 0.6) is 11.8 Å². The van der Waals surface area contributed by atoms with E-state index in [4.69, 9.17) is 30.9 Å². The molecule has 4 N–H and O–H groups in total. The molecule has 300 valence electrons. The van der Waals surface area contributed by atoms with E-state index in [0.717, 1.165) is 82.4 Å². The lowest BCUT2D eigenvalue weighted by molar-refractivity contribution is -0.121.